The highest BCUT2D eigenvalue weighted by molar-refractivity contribution is 9.09. The van der Waals surface area contributed by atoms with Crippen molar-refractivity contribution in [1.29, 1.82) is 0 Å². The highest BCUT2D eigenvalue weighted by Crippen LogP contribution is 2.22. The number of hydrogen-bond acceptors (Lipinski definition) is 4. The Bertz CT molecular complexity index is 646. The number of rotatable bonds is 6. The van der Waals surface area contributed by atoms with Crippen molar-refractivity contribution in [3.63, 3.8) is 0 Å². The molecule has 0 saturated carbocycles. The number of hydrogen-bond donors (Lipinski definition) is 0. The minimum atomic E-state index is -3.40. The molecular weight excluding hydrogens is 364 g/mol. The van der Waals surface area contributed by atoms with E-state index in [0.29, 0.717) is 5.33 Å². The van der Waals surface area contributed by atoms with Gasteiger partial charge in [0.15, 0.2) is 19.7 Å². The third-order valence-electron chi connectivity index (χ3n) is 3.19. The zero-order valence-corrected chi connectivity index (χ0v) is 14.9. The predicted molar refractivity (Wildman–Crippen MR) is 83.7 cm³/mol. The Morgan fingerprint density at radius 2 is 1.45 bits per heavy atom. The summed E-state index contributed by atoms with van der Waals surface area (Å²) in [6, 6.07) is 5.39. The maximum Gasteiger partial charge on any atom is 0.178 e. The molecule has 0 radical (unpaired) electrons. The van der Waals surface area contributed by atoms with Crippen molar-refractivity contribution >= 4 is 35.6 Å². The molecule has 1 rings (SSSR count). The third kappa shape index (κ3) is 4.56. The van der Waals surface area contributed by atoms with Crippen LogP contribution in [0.3, 0.4) is 0 Å². The molecule has 1 atom stereocenters. The second kappa shape index (κ2) is 6.58. The molecule has 114 valence electrons. The molecule has 4 nitrogen and oxygen atoms in total. The average molecular weight is 383 g/mol. The van der Waals surface area contributed by atoms with Gasteiger partial charge >= 0.3 is 0 Å². The molecule has 0 aliphatic rings. The van der Waals surface area contributed by atoms with Crippen LogP contribution in [0.2, 0.25) is 0 Å². The van der Waals surface area contributed by atoms with E-state index < -0.39 is 19.7 Å². The summed E-state index contributed by atoms with van der Waals surface area (Å²) in [5.41, 5.74) is 0. The summed E-state index contributed by atoms with van der Waals surface area (Å²) >= 11 is 3.34. The van der Waals surface area contributed by atoms with Crippen LogP contribution in [0.15, 0.2) is 34.1 Å². The molecule has 1 aromatic rings. The first-order valence-corrected chi connectivity index (χ1v) is 10.8. The van der Waals surface area contributed by atoms with Gasteiger partial charge < -0.3 is 0 Å². The van der Waals surface area contributed by atoms with Gasteiger partial charge in [0, 0.05) is 11.6 Å². The van der Waals surface area contributed by atoms with Gasteiger partial charge in [-0.1, -0.05) is 29.8 Å². The largest absolute Gasteiger partial charge is 0.224 e. The Balaban J connectivity index is 3.05. The molecule has 0 spiro atoms. The molecular formula is C13H19BrO4S2. The van der Waals surface area contributed by atoms with Crippen LogP contribution in [0, 0.1) is 11.8 Å². The van der Waals surface area contributed by atoms with Gasteiger partial charge in [-0.05, 0) is 36.1 Å². The van der Waals surface area contributed by atoms with Crippen LogP contribution in [-0.2, 0) is 19.7 Å². The lowest BCUT2D eigenvalue weighted by molar-refractivity contribution is 0.461. The summed E-state index contributed by atoms with van der Waals surface area (Å²) < 4.78 is 47.3. The van der Waals surface area contributed by atoms with Gasteiger partial charge in [0.05, 0.1) is 15.5 Å². The number of benzene rings is 1. The van der Waals surface area contributed by atoms with Gasteiger partial charge in [0.25, 0.3) is 0 Å². The molecule has 0 heterocycles. The normalized spacial score (nSPS) is 14.4. The molecule has 0 aliphatic carbocycles. The SMILES string of the molecule is CC(C)C(CBr)CS(=O)(=O)c1ccc(S(C)(=O)=O)cc1. The van der Waals surface area contributed by atoms with E-state index in [9.17, 15) is 16.8 Å². The fourth-order valence-corrected chi connectivity index (χ4v) is 5.41. The first kappa shape index (κ1) is 17.7. The average Bonchev–Trinajstić information content (AvgIpc) is 2.35. The molecule has 0 N–H and O–H groups in total. The third-order valence-corrected chi connectivity index (χ3v) is 7.00. The van der Waals surface area contributed by atoms with Crippen molar-refractivity contribution < 1.29 is 16.8 Å². The summed E-state index contributed by atoms with van der Waals surface area (Å²) in [6.45, 7) is 3.96. The zero-order chi connectivity index (χ0) is 15.6. The standard InChI is InChI=1S/C13H19BrO4S2/c1-10(2)11(8-14)9-20(17,18)13-6-4-12(5-7-13)19(3,15)16/h4-7,10-11H,8-9H2,1-3H3. The van der Waals surface area contributed by atoms with Crippen LogP contribution >= 0.6 is 15.9 Å². The van der Waals surface area contributed by atoms with E-state index in [-0.39, 0.29) is 27.4 Å². The van der Waals surface area contributed by atoms with Gasteiger partial charge in [-0.25, -0.2) is 16.8 Å². The fraction of sp³-hybridized carbons (Fsp3) is 0.538. The predicted octanol–water partition coefficient (Wildman–Crippen LogP) is 2.53. The van der Waals surface area contributed by atoms with Crippen molar-refractivity contribution in [2.75, 3.05) is 17.3 Å². The molecule has 0 bridgehead atoms. The lowest BCUT2D eigenvalue weighted by Crippen LogP contribution is -2.22. The van der Waals surface area contributed by atoms with Crippen LogP contribution in [-0.4, -0.2) is 34.2 Å². The van der Waals surface area contributed by atoms with E-state index in [1.54, 1.807) is 0 Å². The topological polar surface area (TPSA) is 68.3 Å². The first-order valence-electron chi connectivity index (χ1n) is 6.16. The second-order valence-corrected chi connectivity index (χ2v) is 9.88. The lowest BCUT2D eigenvalue weighted by atomic mass is 10.0. The van der Waals surface area contributed by atoms with Crippen LogP contribution in [0.1, 0.15) is 13.8 Å². The van der Waals surface area contributed by atoms with Gasteiger partial charge in [-0.15, -0.1) is 0 Å². The molecule has 1 aromatic carbocycles. The number of halogens is 1. The number of sulfone groups is 2. The van der Waals surface area contributed by atoms with Crippen molar-refractivity contribution in [2.24, 2.45) is 11.8 Å². The Kier molecular flexibility index (Phi) is 5.80. The van der Waals surface area contributed by atoms with E-state index in [1.165, 1.54) is 24.3 Å². The molecule has 0 amide bonds. The molecule has 0 aliphatic heterocycles. The van der Waals surface area contributed by atoms with Crippen molar-refractivity contribution in [3.8, 4) is 0 Å². The Morgan fingerprint density at radius 1 is 1.00 bits per heavy atom. The van der Waals surface area contributed by atoms with E-state index in [0.717, 1.165) is 6.26 Å². The summed E-state index contributed by atoms with van der Waals surface area (Å²) in [7, 11) is -6.71. The van der Waals surface area contributed by atoms with Crippen LogP contribution < -0.4 is 0 Å². The Morgan fingerprint density at radius 3 is 1.80 bits per heavy atom. The van der Waals surface area contributed by atoms with Crippen LogP contribution in [0.4, 0.5) is 0 Å². The molecule has 7 heteroatoms. The van der Waals surface area contributed by atoms with E-state index in [2.05, 4.69) is 15.9 Å². The maximum absolute atomic E-state index is 12.3. The van der Waals surface area contributed by atoms with E-state index in [1.807, 2.05) is 13.8 Å². The molecule has 0 saturated heterocycles. The number of alkyl halides is 1. The monoisotopic (exact) mass is 382 g/mol. The molecule has 1 unspecified atom stereocenters. The second-order valence-electron chi connectivity index (χ2n) is 5.18. The minimum Gasteiger partial charge on any atom is -0.224 e. The zero-order valence-electron chi connectivity index (χ0n) is 11.7. The van der Waals surface area contributed by atoms with Gasteiger partial charge in [0.2, 0.25) is 0 Å². The smallest absolute Gasteiger partial charge is 0.178 e. The maximum atomic E-state index is 12.3. The molecule has 0 fully saturated rings. The van der Waals surface area contributed by atoms with Crippen LogP contribution in [0.5, 0.6) is 0 Å². The van der Waals surface area contributed by atoms with Gasteiger partial charge in [-0.3, -0.25) is 0 Å². The van der Waals surface area contributed by atoms with Crippen LogP contribution in [0.25, 0.3) is 0 Å². The lowest BCUT2D eigenvalue weighted by Gasteiger charge is -2.18. The summed E-state index contributed by atoms with van der Waals surface area (Å²) in [5.74, 6) is 0.322. The quantitative estimate of drug-likeness (QED) is 0.708. The summed E-state index contributed by atoms with van der Waals surface area (Å²) in [4.78, 5) is 0.286. The van der Waals surface area contributed by atoms with E-state index in [4.69, 9.17) is 0 Å². The molecule has 20 heavy (non-hydrogen) atoms. The summed E-state index contributed by atoms with van der Waals surface area (Å²) in [6.07, 6.45) is 1.09. The van der Waals surface area contributed by atoms with Crippen molar-refractivity contribution in [3.05, 3.63) is 24.3 Å². The summed E-state index contributed by atoms with van der Waals surface area (Å²) in [5, 5.41) is 0.616. The highest BCUT2D eigenvalue weighted by atomic mass is 79.9. The first-order chi connectivity index (χ1) is 9.08. The highest BCUT2D eigenvalue weighted by Gasteiger charge is 2.23. The van der Waals surface area contributed by atoms with Gasteiger partial charge in [-0.2, -0.15) is 0 Å². The molecule has 0 aromatic heterocycles. The Labute approximate surface area is 129 Å². The fourth-order valence-electron chi connectivity index (χ4n) is 1.69. The van der Waals surface area contributed by atoms with Gasteiger partial charge in [0.1, 0.15) is 0 Å². The minimum absolute atomic E-state index is 0.0228. The van der Waals surface area contributed by atoms with E-state index >= 15 is 0 Å². The van der Waals surface area contributed by atoms with Crippen molar-refractivity contribution in [2.45, 2.75) is 23.6 Å². The Hall–Kier alpha value is -0.400. The van der Waals surface area contributed by atoms with Crippen molar-refractivity contribution in [1.82, 2.24) is 0 Å².